The molecule has 43 heavy (non-hydrogen) atoms. The van der Waals surface area contributed by atoms with E-state index in [1.165, 1.54) is 4.57 Å². The zero-order valence-corrected chi connectivity index (χ0v) is 25.0. The van der Waals surface area contributed by atoms with E-state index in [0.717, 1.165) is 22.8 Å². The van der Waals surface area contributed by atoms with Crippen molar-refractivity contribution in [1.29, 1.82) is 5.26 Å². The van der Waals surface area contributed by atoms with Crippen LogP contribution in [0.2, 0.25) is 0 Å². The Hall–Kier alpha value is -5.10. The molecule has 1 aliphatic heterocycles. The summed E-state index contributed by atoms with van der Waals surface area (Å²) in [6.07, 6.45) is 1.05. The van der Waals surface area contributed by atoms with E-state index in [2.05, 4.69) is 28.2 Å². The number of hydrogen-bond acceptors (Lipinski definition) is 8. The fourth-order valence-corrected chi connectivity index (χ4v) is 5.38. The van der Waals surface area contributed by atoms with Crippen LogP contribution in [0.25, 0.3) is 21.9 Å². The third-order valence-corrected chi connectivity index (χ3v) is 7.27. The summed E-state index contributed by atoms with van der Waals surface area (Å²) in [4.78, 5) is 51.2. The van der Waals surface area contributed by atoms with Crippen LogP contribution in [0, 0.1) is 23.2 Å². The van der Waals surface area contributed by atoms with Crippen molar-refractivity contribution in [3.05, 3.63) is 62.6 Å². The standard InChI is InChI=1S/C31H34N8O4/c1-6-7-15-38-25-26(35-28(38)37-14-10-12-21(18-37)34-29(41)43-31(2,3)4)36(5)30(42)39(27(25)40)19-22-16-20-11-8-9-13-23(20)24(17-32)33-22/h8-9,11,13,16,21H,10,12,14-15,18-19H2,1-5H3,(H,34,41)/t21-/m1/s1. The summed E-state index contributed by atoms with van der Waals surface area (Å²) >= 11 is 0. The molecule has 5 rings (SSSR count). The molecule has 1 fully saturated rings. The van der Waals surface area contributed by atoms with Gasteiger partial charge in [-0.3, -0.25) is 18.5 Å². The fourth-order valence-electron chi connectivity index (χ4n) is 5.38. The molecule has 0 spiro atoms. The summed E-state index contributed by atoms with van der Waals surface area (Å²) in [6.45, 7) is 8.31. The van der Waals surface area contributed by atoms with Gasteiger partial charge in [0.1, 0.15) is 17.4 Å². The van der Waals surface area contributed by atoms with Crippen molar-refractivity contribution in [3.63, 3.8) is 0 Å². The Kier molecular flexibility index (Phi) is 7.96. The number of piperidine rings is 1. The number of aryl methyl sites for hydroxylation is 1. The highest BCUT2D eigenvalue weighted by Crippen LogP contribution is 2.24. The summed E-state index contributed by atoms with van der Waals surface area (Å²) in [6, 6.07) is 11.1. The number of rotatable bonds is 5. The van der Waals surface area contributed by atoms with Crippen molar-refractivity contribution >= 4 is 34.0 Å². The zero-order valence-electron chi connectivity index (χ0n) is 25.0. The molecule has 0 radical (unpaired) electrons. The number of pyridine rings is 1. The molecule has 4 heterocycles. The molecule has 1 aliphatic rings. The molecule has 3 aromatic heterocycles. The number of carbonyl (C=O) groups excluding carboxylic acids is 1. The van der Waals surface area contributed by atoms with E-state index in [-0.39, 0.29) is 36.0 Å². The first-order chi connectivity index (χ1) is 20.5. The van der Waals surface area contributed by atoms with Crippen LogP contribution in [0.3, 0.4) is 0 Å². The second-order valence-corrected chi connectivity index (χ2v) is 11.6. The molecule has 12 nitrogen and oxygen atoms in total. The zero-order chi connectivity index (χ0) is 30.9. The van der Waals surface area contributed by atoms with E-state index >= 15 is 0 Å². The maximum Gasteiger partial charge on any atom is 0.407 e. The molecule has 0 unspecified atom stereocenters. The molecule has 4 aromatic rings. The van der Waals surface area contributed by atoms with Gasteiger partial charge in [-0.05, 0) is 52.0 Å². The Balaban J connectivity index is 1.57. The molecule has 222 valence electrons. The van der Waals surface area contributed by atoms with Crippen molar-refractivity contribution < 1.29 is 9.53 Å². The van der Waals surface area contributed by atoms with Crippen molar-refractivity contribution in [1.82, 2.24) is 29.0 Å². The Labute approximate surface area is 248 Å². The van der Waals surface area contributed by atoms with Crippen LogP contribution in [0.5, 0.6) is 0 Å². The van der Waals surface area contributed by atoms with Crippen LogP contribution in [-0.2, 0) is 24.9 Å². The molecule has 12 heteroatoms. The number of nitriles is 1. The van der Waals surface area contributed by atoms with Gasteiger partial charge in [0.2, 0.25) is 5.95 Å². The number of alkyl carbamates (subject to hydrolysis) is 1. The molecule has 0 saturated carbocycles. The maximum absolute atomic E-state index is 14.0. The summed E-state index contributed by atoms with van der Waals surface area (Å²) < 4.78 is 9.64. The monoisotopic (exact) mass is 582 g/mol. The second kappa shape index (κ2) is 11.6. The Morgan fingerprint density at radius 3 is 2.67 bits per heavy atom. The van der Waals surface area contributed by atoms with Gasteiger partial charge in [0.25, 0.3) is 5.56 Å². The van der Waals surface area contributed by atoms with Crippen LogP contribution < -0.4 is 21.5 Å². The number of fused-ring (bicyclic) bond motifs is 2. The van der Waals surface area contributed by atoms with Gasteiger partial charge in [0, 0.05) is 31.6 Å². The first kappa shape index (κ1) is 29.4. The molecule has 1 N–H and O–H groups in total. The number of nitrogens with one attached hydrogen (secondary N) is 1. The van der Waals surface area contributed by atoms with E-state index in [4.69, 9.17) is 9.72 Å². The Morgan fingerprint density at radius 1 is 1.19 bits per heavy atom. The fraction of sp³-hybridized carbons (Fsp3) is 0.419. The Morgan fingerprint density at radius 2 is 1.95 bits per heavy atom. The molecule has 0 bridgehead atoms. The number of aromatic nitrogens is 5. The van der Waals surface area contributed by atoms with Gasteiger partial charge in [0.15, 0.2) is 11.2 Å². The topological polar surface area (TPSA) is 140 Å². The van der Waals surface area contributed by atoms with Crippen LogP contribution in [-0.4, -0.2) is 54.5 Å². The summed E-state index contributed by atoms with van der Waals surface area (Å²) in [5.41, 5.74) is -0.566. The molecule has 1 atom stereocenters. The number of nitrogens with zero attached hydrogens (tertiary/aromatic N) is 7. The number of hydrogen-bond donors (Lipinski definition) is 1. The second-order valence-electron chi connectivity index (χ2n) is 11.6. The lowest BCUT2D eigenvalue weighted by Crippen LogP contribution is -2.49. The first-order valence-electron chi connectivity index (χ1n) is 14.1. The normalized spacial score (nSPS) is 15.2. The molecule has 0 aliphatic carbocycles. The third-order valence-electron chi connectivity index (χ3n) is 7.27. The van der Waals surface area contributed by atoms with Crippen molar-refractivity contribution in [2.75, 3.05) is 18.0 Å². The van der Waals surface area contributed by atoms with Crippen molar-refractivity contribution in [2.24, 2.45) is 7.05 Å². The highest BCUT2D eigenvalue weighted by Gasteiger charge is 2.29. The minimum Gasteiger partial charge on any atom is -0.444 e. The first-order valence-corrected chi connectivity index (χ1v) is 14.1. The van der Waals surface area contributed by atoms with Gasteiger partial charge in [-0.2, -0.15) is 10.2 Å². The number of ether oxygens (including phenoxy) is 1. The molecular weight excluding hydrogens is 548 g/mol. The number of carbonyl (C=O) groups is 1. The highest BCUT2D eigenvalue weighted by molar-refractivity contribution is 5.86. The van der Waals surface area contributed by atoms with Gasteiger partial charge in [-0.15, -0.1) is 5.92 Å². The molecular formula is C31H34N8O4. The number of imidazole rings is 1. The van der Waals surface area contributed by atoms with Crippen molar-refractivity contribution in [2.45, 2.75) is 65.3 Å². The predicted octanol–water partition coefficient (Wildman–Crippen LogP) is 2.88. The van der Waals surface area contributed by atoms with Crippen molar-refractivity contribution in [3.8, 4) is 17.9 Å². The molecule has 1 aromatic carbocycles. The van der Waals surface area contributed by atoms with Gasteiger partial charge >= 0.3 is 11.8 Å². The molecule has 1 amide bonds. The third kappa shape index (κ3) is 5.95. The summed E-state index contributed by atoms with van der Waals surface area (Å²) in [5, 5.41) is 14.1. The summed E-state index contributed by atoms with van der Waals surface area (Å²) in [5.74, 6) is 6.40. The number of anilines is 1. The Bertz CT molecular complexity index is 1950. The number of amides is 1. The quantitative estimate of drug-likeness (QED) is 0.354. The molecule has 1 saturated heterocycles. The lowest BCUT2D eigenvalue weighted by Gasteiger charge is -2.34. The average Bonchev–Trinajstić information content (AvgIpc) is 3.35. The van der Waals surface area contributed by atoms with E-state index in [9.17, 15) is 19.6 Å². The van der Waals surface area contributed by atoms with Gasteiger partial charge in [0.05, 0.1) is 18.8 Å². The number of benzene rings is 1. The van der Waals surface area contributed by atoms with Gasteiger partial charge < -0.3 is 15.0 Å². The minimum atomic E-state index is -0.617. The van der Waals surface area contributed by atoms with Crippen LogP contribution in [0.4, 0.5) is 10.7 Å². The van der Waals surface area contributed by atoms with E-state index in [1.54, 1.807) is 24.6 Å². The SMILES string of the molecule is CC#CCn1c(N2CCC[C@@H](NC(=O)OC(C)(C)C)C2)nc2c1c(=O)n(Cc1cc3ccccc3c(C#N)n1)c(=O)n2C. The lowest BCUT2D eigenvalue weighted by molar-refractivity contribution is 0.0499. The highest BCUT2D eigenvalue weighted by atomic mass is 16.6. The lowest BCUT2D eigenvalue weighted by atomic mass is 10.1. The van der Waals surface area contributed by atoms with Gasteiger partial charge in [-0.1, -0.05) is 30.2 Å². The van der Waals surface area contributed by atoms with E-state index in [1.807, 2.05) is 49.9 Å². The largest absolute Gasteiger partial charge is 0.444 e. The predicted molar refractivity (Wildman–Crippen MR) is 163 cm³/mol. The average molecular weight is 583 g/mol. The van der Waals surface area contributed by atoms with Gasteiger partial charge in [-0.25, -0.2) is 14.6 Å². The van der Waals surface area contributed by atoms with Crippen LogP contribution in [0.1, 0.15) is 51.9 Å². The smallest absolute Gasteiger partial charge is 0.407 e. The minimum absolute atomic E-state index is 0.119. The van der Waals surface area contributed by atoms with E-state index in [0.29, 0.717) is 30.1 Å². The summed E-state index contributed by atoms with van der Waals surface area (Å²) in [7, 11) is 1.57. The van der Waals surface area contributed by atoms with Crippen LogP contribution in [0.15, 0.2) is 39.9 Å². The van der Waals surface area contributed by atoms with Crippen LogP contribution >= 0.6 is 0 Å². The maximum atomic E-state index is 14.0. The van der Waals surface area contributed by atoms with E-state index < -0.39 is 22.9 Å².